The van der Waals surface area contributed by atoms with Gasteiger partial charge in [-0.2, -0.15) is 0 Å². The molecule has 0 amide bonds. The summed E-state index contributed by atoms with van der Waals surface area (Å²) in [5.41, 5.74) is 8.56. The van der Waals surface area contributed by atoms with Crippen LogP contribution in [0.1, 0.15) is 219 Å². The summed E-state index contributed by atoms with van der Waals surface area (Å²) in [5, 5.41) is 0.923. The van der Waals surface area contributed by atoms with Crippen LogP contribution in [0.15, 0.2) is 24.3 Å². The Balaban J connectivity index is 1.42. The second-order valence-electron chi connectivity index (χ2n) is 18.1. The van der Waals surface area contributed by atoms with Crippen LogP contribution in [0.25, 0.3) is 21.9 Å². The molecule has 2 heterocycles. The van der Waals surface area contributed by atoms with Crippen LogP contribution < -0.4 is 5.73 Å². The Hall–Kier alpha value is -3.09. The van der Waals surface area contributed by atoms with Crippen LogP contribution in [0.3, 0.4) is 0 Å². The SMILES string of the molecule is CCCCCCCCCCCCCCCC(=O)OCC(COP(=O)(O)OCCCCn1c(COCC)nc2c(N)nc3ccccc3c21)OC(=O)CCCCCCCCCCCCCCC. The number of esters is 2. The van der Waals surface area contributed by atoms with Gasteiger partial charge < -0.3 is 29.4 Å². The van der Waals surface area contributed by atoms with E-state index in [1.54, 1.807) is 0 Å². The lowest BCUT2D eigenvalue weighted by molar-refractivity contribution is -0.161. The normalized spacial score (nSPS) is 13.1. The summed E-state index contributed by atoms with van der Waals surface area (Å²) >= 11 is 0. The summed E-state index contributed by atoms with van der Waals surface area (Å²) in [4.78, 5) is 45.5. The number of hydrogen-bond acceptors (Lipinski definition) is 11. The number of carbonyl (C=O) groups is 2. The van der Waals surface area contributed by atoms with E-state index >= 15 is 0 Å². The van der Waals surface area contributed by atoms with Crippen molar-refractivity contribution >= 4 is 47.5 Å². The Bertz CT molecular complexity index is 1790. The zero-order chi connectivity index (χ0) is 47.5. The van der Waals surface area contributed by atoms with Crippen molar-refractivity contribution in [3.05, 3.63) is 30.1 Å². The number of benzene rings is 1. The number of hydrogen-bond donors (Lipinski definition) is 2. The predicted molar refractivity (Wildman–Crippen MR) is 267 cm³/mol. The first-order chi connectivity index (χ1) is 32.2. The van der Waals surface area contributed by atoms with E-state index in [-0.39, 0.29) is 32.0 Å². The molecule has 0 spiro atoms. The fourth-order valence-corrected chi connectivity index (χ4v) is 9.20. The Kier molecular flexibility index (Phi) is 31.2. The fourth-order valence-electron chi connectivity index (χ4n) is 8.41. The third-order valence-corrected chi connectivity index (χ3v) is 13.3. The summed E-state index contributed by atoms with van der Waals surface area (Å²) in [6.07, 6.45) is 31.8. The van der Waals surface area contributed by atoms with E-state index in [9.17, 15) is 19.0 Å². The minimum Gasteiger partial charge on any atom is -0.462 e. The first-order valence-corrected chi connectivity index (χ1v) is 27.8. The summed E-state index contributed by atoms with van der Waals surface area (Å²) in [6.45, 7) is 7.02. The van der Waals surface area contributed by atoms with Gasteiger partial charge in [-0.15, -0.1) is 0 Å². The average Bonchev–Trinajstić information content (AvgIpc) is 3.68. The standard InChI is InChI=1S/C52H89N4O9P/c1-4-7-9-11-13-15-17-19-21-23-25-27-29-37-48(57)62-41-44(65-49(58)38-30-28-26-24-22-20-18-16-14-12-10-8-5-2)42-64-66(59,60)63-40-34-33-39-56-47(43-61-6-3)55-50-51(56)45-35-31-32-36-46(45)54-52(50)53/h31-32,35-36,44H,4-30,33-34,37-43H2,1-3H3,(H2,53,54)(H,59,60). The number of anilines is 1. The number of carbonyl (C=O) groups excluding carboxylic acids is 2. The molecule has 376 valence electrons. The van der Waals surface area contributed by atoms with Crippen LogP contribution in [0.4, 0.5) is 5.82 Å². The number of aromatic nitrogens is 3. The van der Waals surface area contributed by atoms with Crippen molar-refractivity contribution in [1.29, 1.82) is 0 Å². The van der Waals surface area contributed by atoms with Gasteiger partial charge in [0, 0.05) is 31.4 Å². The van der Waals surface area contributed by atoms with Crippen LogP contribution in [-0.4, -0.2) is 63.9 Å². The number of aryl methyl sites for hydroxylation is 1. The van der Waals surface area contributed by atoms with E-state index in [0.29, 0.717) is 56.2 Å². The number of phosphoric acid groups is 1. The number of rotatable bonds is 43. The Morgan fingerprint density at radius 1 is 0.652 bits per heavy atom. The summed E-state index contributed by atoms with van der Waals surface area (Å²) in [7, 11) is -4.53. The first-order valence-electron chi connectivity index (χ1n) is 26.3. The highest BCUT2D eigenvalue weighted by molar-refractivity contribution is 7.47. The van der Waals surface area contributed by atoms with Gasteiger partial charge in [-0.1, -0.05) is 186 Å². The quantitative estimate of drug-likeness (QED) is 0.0313. The number of pyridine rings is 1. The van der Waals surface area contributed by atoms with Gasteiger partial charge in [-0.3, -0.25) is 18.6 Å². The van der Waals surface area contributed by atoms with Gasteiger partial charge in [0.25, 0.3) is 0 Å². The zero-order valence-corrected chi connectivity index (χ0v) is 42.3. The molecule has 2 atom stereocenters. The smallest absolute Gasteiger partial charge is 0.462 e. The lowest BCUT2D eigenvalue weighted by Gasteiger charge is -2.20. The van der Waals surface area contributed by atoms with Gasteiger partial charge >= 0.3 is 19.8 Å². The van der Waals surface area contributed by atoms with Crippen molar-refractivity contribution in [1.82, 2.24) is 14.5 Å². The highest BCUT2D eigenvalue weighted by atomic mass is 31.2. The Morgan fingerprint density at radius 3 is 1.71 bits per heavy atom. The fraction of sp³-hybridized carbons (Fsp3) is 0.769. The highest BCUT2D eigenvalue weighted by Gasteiger charge is 2.26. The van der Waals surface area contributed by atoms with E-state index in [1.165, 1.54) is 122 Å². The molecule has 0 bridgehead atoms. The van der Waals surface area contributed by atoms with Crippen molar-refractivity contribution in [2.45, 2.75) is 233 Å². The van der Waals surface area contributed by atoms with Gasteiger partial charge in [0.15, 0.2) is 11.9 Å². The Morgan fingerprint density at radius 2 is 1.17 bits per heavy atom. The molecule has 0 radical (unpaired) electrons. The van der Waals surface area contributed by atoms with Gasteiger partial charge in [0.05, 0.1) is 24.2 Å². The maximum absolute atomic E-state index is 13.0. The minimum atomic E-state index is -4.53. The molecule has 3 rings (SSSR count). The van der Waals surface area contributed by atoms with E-state index in [0.717, 1.165) is 54.9 Å². The topological polar surface area (TPSA) is 174 Å². The maximum atomic E-state index is 13.0. The van der Waals surface area contributed by atoms with Gasteiger partial charge in [-0.25, -0.2) is 14.5 Å². The molecule has 2 unspecified atom stereocenters. The first kappa shape index (κ1) is 57.2. The van der Waals surface area contributed by atoms with E-state index in [1.807, 2.05) is 31.2 Å². The summed E-state index contributed by atoms with van der Waals surface area (Å²) in [5.74, 6) is 0.221. The number of fused-ring (bicyclic) bond motifs is 3. The van der Waals surface area contributed by atoms with Gasteiger partial charge in [-0.05, 0) is 38.7 Å². The van der Waals surface area contributed by atoms with E-state index in [4.69, 9.17) is 34.0 Å². The van der Waals surface area contributed by atoms with Crippen molar-refractivity contribution < 1.29 is 42.3 Å². The second kappa shape index (κ2) is 36.0. The molecule has 0 aliphatic carbocycles. The summed E-state index contributed by atoms with van der Waals surface area (Å²) in [6, 6.07) is 7.76. The maximum Gasteiger partial charge on any atom is 0.472 e. The lowest BCUT2D eigenvalue weighted by Crippen LogP contribution is -2.29. The molecular weight excluding hydrogens is 856 g/mol. The number of ether oxygens (including phenoxy) is 3. The molecule has 0 fully saturated rings. The molecule has 1 aromatic carbocycles. The molecule has 0 saturated carbocycles. The van der Waals surface area contributed by atoms with Crippen LogP contribution in [0.2, 0.25) is 0 Å². The molecule has 14 heteroatoms. The lowest BCUT2D eigenvalue weighted by atomic mass is 10.0. The number of nitrogen functional groups attached to an aromatic ring is 1. The molecule has 3 aromatic rings. The molecule has 0 saturated heterocycles. The van der Waals surface area contributed by atoms with Crippen molar-refractivity contribution in [3.8, 4) is 0 Å². The molecule has 13 nitrogen and oxygen atoms in total. The van der Waals surface area contributed by atoms with Crippen molar-refractivity contribution in [2.75, 3.05) is 32.2 Å². The Labute approximate surface area is 398 Å². The van der Waals surface area contributed by atoms with E-state index in [2.05, 4.69) is 23.4 Å². The minimum absolute atomic E-state index is 0.0523. The van der Waals surface area contributed by atoms with Crippen LogP contribution in [0.5, 0.6) is 0 Å². The van der Waals surface area contributed by atoms with Crippen LogP contribution in [0, 0.1) is 0 Å². The number of phosphoric ester groups is 1. The van der Waals surface area contributed by atoms with E-state index < -0.39 is 26.5 Å². The molecule has 0 aliphatic heterocycles. The van der Waals surface area contributed by atoms with Crippen molar-refractivity contribution in [2.24, 2.45) is 0 Å². The number of imidazole rings is 1. The molecule has 0 aliphatic rings. The predicted octanol–water partition coefficient (Wildman–Crippen LogP) is 14.0. The zero-order valence-electron chi connectivity index (χ0n) is 41.4. The largest absolute Gasteiger partial charge is 0.472 e. The third kappa shape index (κ3) is 24.8. The molecule has 3 N–H and O–H groups in total. The van der Waals surface area contributed by atoms with Gasteiger partial charge in [0.2, 0.25) is 0 Å². The van der Waals surface area contributed by atoms with Crippen LogP contribution in [-0.2, 0) is 50.6 Å². The average molecular weight is 945 g/mol. The second-order valence-corrected chi connectivity index (χ2v) is 19.6. The number of unbranched alkanes of at least 4 members (excludes halogenated alkanes) is 25. The number of nitrogens with zero attached hydrogens (tertiary/aromatic N) is 3. The van der Waals surface area contributed by atoms with Gasteiger partial charge in [0.1, 0.15) is 24.6 Å². The third-order valence-electron chi connectivity index (χ3n) is 12.3. The summed E-state index contributed by atoms with van der Waals surface area (Å²) < 4.78 is 42.7. The number of para-hydroxylation sites is 1. The molecular formula is C52H89N4O9P. The molecule has 66 heavy (non-hydrogen) atoms. The van der Waals surface area contributed by atoms with Crippen molar-refractivity contribution in [3.63, 3.8) is 0 Å². The van der Waals surface area contributed by atoms with Crippen LogP contribution >= 0.6 is 7.82 Å². The number of nitrogens with two attached hydrogens (primary N) is 1. The monoisotopic (exact) mass is 945 g/mol. The molecule has 2 aromatic heterocycles. The highest BCUT2D eigenvalue weighted by Crippen LogP contribution is 2.43.